The van der Waals surface area contributed by atoms with Gasteiger partial charge in [0.25, 0.3) is 5.91 Å². The molecule has 0 radical (unpaired) electrons. The van der Waals surface area contributed by atoms with Crippen molar-refractivity contribution < 1.29 is 23.8 Å². The first kappa shape index (κ1) is 21.5. The predicted molar refractivity (Wildman–Crippen MR) is 114 cm³/mol. The first-order valence-corrected chi connectivity index (χ1v) is 10.1. The van der Waals surface area contributed by atoms with Gasteiger partial charge < -0.3 is 24.4 Å². The molecule has 7 nitrogen and oxygen atoms in total. The Balaban J connectivity index is 1.55. The Bertz CT molecular complexity index is 874. The van der Waals surface area contributed by atoms with Gasteiger partial charge in [0.15, 0.2) is 11.5 Å². The van der Waals surface area contributed by atoms with Crippen LogP contribution in [0.3, 0.4) is 0 Å². The Labute approximate surface area is 176 Å². The summed E-state index contributed by atoms with van der Waals surface area (Å²) in [5.41, 5.74) is 1.29. The molecule has 0 spiro atoms. The molecule has 2 amide bonds. The second kappa shape index (κ2) is 10.0. The third-order valence-corrected chi connectivity index (χ3v) is 5.22. The van der Waals surface area contributed by atoms with Gasteiger partial charge in [0.2, 0.25) is 5.91 Å². The summed E-state index contributed by atoms with van der Waals surface area (Å²) in [6.45, 7) is 3.60. The summed E-state index contributed by atoms with van der Waals surface area (Å²) in [7, 11) is 3.10. The van der Waals surface area contributed by atoms with Gasteiger partial charge in [-0.1, -0.05) is 0 Å². The second-order valence-corrected chi connectivity index (χ2v) is 7.08. The molecule has 1 heterocycles. The maximum Gasteiger partial charge on any atom is 0.253 e. The minimum absolute atomic E-state index is 0.0163. The summed E-state index contributed by atoms with van der Waals surface area (Å²) in [5.74, 6) is 1.67. The summed E-state index contributed by atoms with van der Waals surface area (Å²) in [6, 6.07) is 12.5. The molecule has 30 heavy (non-hydrogen) atoms. The Morgan fingerprint density at radius 3 is 2.27 bits per heavy atom. The van der Waals surface area contributed by atoms with Crippen molar-refractivity contribution in [3.05, 3.63) is 48.0 Å². The van der Waals surface area contributed by atoms with Gasteiger partial charge in [0, 0.05) is 30.3 Å². The number of carbonyl (C=O) groups excluding carboxylic acids is 2. The minimum atomic E-state index is -0.119. The number of carbonyl (C=O) groups is 2. The number of rotatable bonds is 7. The average Bonchev–Trinajstić information content (AvgIpc) is 2.79. The summed E-state index contributed by atoms with van der Waals surface area (Å²) in [6.07, 6.45) is 1.25. The van der Waals surface area contributed by atoms with Crippen LogP contribution in [0.5, 0.6) is 17.2 Å². The number of benzene rings is 2. The Morgan fingerprint density at radius 1 is 1.00 bits per heavy atom. The molecule has 0 unspecified atom stereocenters. The number of likely N-dealkylation sites (tertiary alicyclic amines) is 1. The third-order valence-electron chi connectivity index (χ3n) is 5.22. The predicted octanol–water partition coefficient (Wildman–Crippen LogP) is 3.59. The monoisotopic (exact) mass is 412 g/mol. The van der Waals surface area contributed by atoms with E-state index >= 15 is 0 Å². The van der Waals surface area contributed by atoms with E-state index in [0.29, 0.717) is 49.6 Å². The van der Waals surface area contributed by atoms with E-state index in [1.165, 1.54) is 0 Å². The van der Waals surface area contributed by atoms with Crippen LogP contribution in [0, 0.1) is 5.92 Å². The molecule has 0 bridgehead atoms. The van der Waals surface area contributed by atoms with E-state index < -0.39 is 0 Å². The van der Waals surface area contributed by atoms with Crippen molar-refractivity contribution in [2.75, 3.05) is 39.2 Å². The number of anilines is 1. The molecule has 1 fully saturated rings. The second-order valence-electron chi connectivity index (χ2n) is 7.08. The maximum absolute atomic E-state index is 12.8. The molecular weight excluding hydrogens is 384 g/mol. The average molecular weight is 412 g/mol. The SMILES string of the molecule is CCOc1ccc(NC(=O)C2CCN(C(=O)c3ccc(OC)c(OC)c3)CC2)cc1. The summed E-state index contributed by atoms with van der Waals surface area (Å²) < 4.78 is 15.9. The van der Waals surface area contributed by atoms with Gasteiger partial charge in [-0.25, -0.2) is 0 Å². The summed E-state index contributed by atoms with van der Waals surface area (Å²) >= 11 is 0. The standard InChI is InChI=1S/C23H28N2O5/c1-4-30-19-8-6-18(7-9-19)24-22(26)16-11-13-25(14-12-16)23(27)17-5-10-20(28-2)21(15-17)29-3/h5-10,15-16H,4,11-14H2,1-3H3,(H,24,26). The highest BCUT2D eigenvalue weighted by molar-refractivity contribution is 5.96. The number of methoxy groups -OCH3 is 2. The third kappa shape index (κ3) is 5.03. The highest BCUT2D eigenvalue weighted by Crippen LogP contribution is 2.29. The van der Waals surface area contributed by atoms with Gasteiger partial charge in [0.05, 0.1) is 20.8 Å². The van der Waals surface area contributed by atoms with E-state index in [4.69, 9.17) is 14.2 Å². The highest BCUT2D eigenvalue weighted by atomic mass is 16.5. The number of hydrogen-bond acceptors (Lipinski definition) is 5. The summed E-state index contributed by atoms with van der Waals surface area (Å²) in [4.78, 5) is 27.2. The first-order chi connectivity index (χ1) is 14.5. The van der Waals surface area contributed by atoms with Gasteiger partial charge in [-0.05, 0) is 62.2 Å². The van der Waals surface area contributed by atoms with Crippen molar-refractivity contribution >= 4 is 17.5 Å². The zero-order valence-corrected chi connectivity index (χ0v) is 17.6. The molecule has 7 heteroatoms. The quantitative estimate of drug-likeness (QED) is 0.752. The molecule has 0 aliphatic carbocycles. The fourth-order valence-corrected chi connectivity index (χ4v) is 3.54. The maximum atomic E-state index is 12.8. The van der Waals surface area contributed by atoms with E-state index in [-0.39, 0.29) is 17.7 Å². The van der Waals surface area contributed by atoms with Crippen molar-refractivity contribution in [2.24, 2.45) is 5.92 Å². The number of nitrogens with zero attached hydrogens (tertiary/aromatic N) is 1. The summed E-state index contributed by atoms with van der Waals surface area (Å²) in [5, 5.41) is 2.96. The normalized spacial score (nSPS) is 14.2. The molecule has 1 saturated heterocycles. The number of amides is 2. The molecular formula is C23H28N2O5. The molecule has 0 saturated carbocycles. The molecule has 3 rings (SSSR count). The van der Waals surface area contributed by atoms with Crippen LogP contribution >= 0.6 is 0 Å². The molecule has 0 atom stereocenters. The van der Waals surface area contributed by atoms with Gasteiger partial charge in [0.1, 0.15) is 5.75 Å². The van der Waals surface area contributed by atoms with E-state index in [9.17, 15) is 9.59 Å². The number of piperidine rings is 1. The largest absolute Gasteiger partial charge is 0.494 e. The zero-order chi connectivity index (χ0) is 21.5. The van der Waals surface area contributed by atoms with Crippen molar-refractivity contribution in [3.8, 4) is 17.2 Å². The smallest absolute Gasteiger partial charge is 0.253 e. The van der Waals surface area contributed by atoms with Crippen molar-refractivity contribution in [2.45, 2.75) is 19.8 Å². The van der Waals surface area contributed by atoms with Crippen LogP contribution in [-0.2, 0) is 4.79 Å². The van der Waals surface area contributed by atoms with Crippen LogP contribution in [0.25, 0.3) is 0 Å². The fraction of sp³-hybridized carbons (Fsp3) is 0.391. The number of ether oxygens (including phenoxy) is 3. The van der Waals surface area contributed by atoms with Crippen LogP contribution < -0.4 is 19.5 Å². The minimum Gasteiger partial charge on any atom is -0.494 e. The van der Waals surface area contributed by atoms with Crippen LogP contribution in [-0.4, -0.2) is 50.6 Å². The van der Waals surface area contributed by atoms with Crippen molar-refractivity contribution in [1.29, 1.82) is 0 Å². The van der Waals surface area contributed by atoms with Gasteiger partial charge in [-0.15, -0.1) is 0 Å². The number of nitrogens with one attached hydrogen (secondary N) is 1. The van der Waals surface area contributed by atoms with Gasteiger partial charge in [-0.3, -0.25) is 9.59 Å². The fourth-order valence-electron chi connectivity index (χ4n) is 3.54. The molecule has 2 aromatic carbocycles. The molecule has 2 aromatic rings. The topological polar surface area (TPSA) is 77.1 Å². The zero-order valence-electron chi connectivity index (χ0n) is 17.6. The van der Waals surface area contributed by atoms with Crippen molar-refractivity contribution in [3.63, 3.8) is 0 Å². The van der Waals surface area contributed by atoms with Crippen LogP contribution in [0.4, 0.5) is 5.69 Å². The van der Waals surface area contributed by atoms with Crippen LogP contribution in [0.1, 0.15) is 30.1 Å². The van der Waals surface area contributed by atoms with Gasteiger partial charge >= 0.3 is 0 Å². The first-order valence-electron chi connectivity index (χ1n) is 10.1. The lowest BCUT2D eigenvalue weighted by atomic mass is 9.95. The van der Waals surface area contributed by atoms with E-state index in [1.807, 2.05) is 31.2 Å². The van der Waals surface area contributed by atoms with E-state index in [1.54, 1.807) is 37.3 Å². The van der Waals surface area contributed by atoms with E-state index in [2.05, 4.69) is 5.32 Å². The Morgan fingerprint density at radius 2 is 1.67 bits per heavy atom. The van der Waals surface area contributed by atoms with Crippen LogP contribution in [0.2, 0.25) is 0 Å². The van der Waals surface area contributed by atoms with Crippen LogP contribution in [0.15, 0.2) is 42.5 Å². The molecule has 1 aliphatic rings. The molecule has 160 valence electrons. The lowest BCUT2D eigenvalue weighted by Gasteiger charge is -2.31. The highest BCUT2D eigenvalue weighted by Gasteiger charge is 2.28. The van der Waals surface area contributed by atoms with Crippen molar-refractivity contribution in [1.82, 2.24) is 4.90 Å². The molecule has 1 aliphatic heterocycles. The van der Waals surface area contributed by atoms with Gasteiger partial charge in [-0.2, -0.15) is 0 Å². The number of hydrogen-bond donors (Lipinski definition) is 1. The Kier molecular flexibility index (Phi) is 7.17. The lowest BCUT2D eigenvalue weighted by Crippen LogP contribution is -2.41. The molecule has 0 aromatic heterocycles. The molecule has 1 N–H and O–H groups in total. The lowest BCUT2D eigenvalue weighted by molar-refractivity contribution is -0.121. The Hall–Kier alpha value is -3.22. The van der Waals surface area contributed by atoms with E-state index in [0.717, 1.165) is 11.4 Å².